The molecule has 0 bridgehead atoms. The van der Waals surface area contributed by atoms with Gasteiger partial charge in [-0.05, 0) is 22.2 Å². The Hall–Kier alpha value is -3.46. The minimum absolute atomic E-state index is 0.158. The number of hydrogen-bond donors (Lipinski definition) is 1. The van der Waals surface area contributed by atoms with E-state index >= 15 is 0 Å². The van der Waals surface area contributed by atoms with Crippen LogP contribution in [0.25, 0.3) is 31.3 Å². The third-order valence-electron chi connectivity index (χ3n) is 4.02. The number of azide groups is 3. The predicted octanol–water partition coefficient (Wildman–Crippen LogP) is 3.10. The number of amides is 1. The summed E-state index contributed by atoms with van der Waals surface area (Å²) in [5, 5.41) is 13.4. The summed E-state index contributed by atoms with van der Waals surface area (Å²) < 4.78 is 11.6. The van der Waals surface area contributed by atoms with Crippen molar-refractivity contribution in [1.29, 1.82) is 0 Å². The second-order valence-electron chi connectivity index (χ2n) is 5.87. The monoisotopic (exact) mass is 386 g/mol. The zero-order valence-electron chi connectivity index (χ0n) is 14.9. The molecule has 13 nitrogen and oxygen atoms in total. The standard InChI is InChI=1S/C15H18N10O3/c1-9(26)20-14-13(22-25-18)12(21-24-17)11(7-19-23-16)28-15(14)27-8-10-5-3-2-4-6-10/h2-6,11-15H,7-8H2,1H3,(H,20,26). The Morgan fingerprint density at radius 2 is 1.82 bits per heavy atom. The Morgan fingerprint density at radius 3 is 2.43 bits per heavy atom. The van der Waals surface area contributed by atoms with Crippen molar-refractivity contribution in [3.8, 4) is 0 Å². The van der Waals surface area contributed by atoms with Gasteiger partial charge in [0, 0.05) is 21.7 Å². The maximum absolute atomic E-state index is 11.7. The first-order valence-electron chi connectivity index (χ1n) is 8.28. The molecule has 28 heavy (non-hydrogen) atoms. The van der Waals surface area contributed by atoms with Crippen LogP contribution in [0.2, 0.25) is 0 Å². The lowest BCUT2D eigenvalue weighted by Gasteiger charge is -2.43. The van der Waals surface area contributed by atoms with Gasteiger partial charge in [0.1, 0.15) is 0 Å². The van der Waals surface area contributed by atoms with E-state index in [1.165, 1.54) is 6.92 Å². The molecule has 1 aromatic carbocycles. The van der Waals surface area contributed by atoms with E-state index in [0.717, 1.165) is 5.56 Å². The molecule has 0 saturated carbocycles. The molecule has 1 aliphatic heterocycles. The zero-order valence-corrected chi connectivity index (χ0v) is 14.9. The summed E-state index contributed by atoms with van der Waals surface area (Å²) in [4.78, 5) is 19.9. The first kappa shape index (κ1) is 20.8. The van der Waals surface area contributed by atoms with Gasteiger partial charge in [0.05, 0.1) is 37.4 Å². The fraction of sp³-hybridized carbons (Fsp3) is 0.533. The SMILES string of the molecule is CC(=O)NC1C(OCc2ccccc2)OC(CN=[N+]=[N-])C(N=[N+]=[N-])C1N=[N+]=[N-]. The summed E-state index contributed by atoms with van der Waals surface area (Å²) in [6.07, 6.45) is -1.92. The van der Waals surface area contributed by atoms with Crippen LogP contribution >= 0.6 is 0 Å². The number of carbonyl (C=O) groups excluding carboxylic acids is 1. The first-order chi connectivity index (χ1) is 13.6. The van der Waals surface area contributed by atoms with Gasteiger partial charge in [0.2, 0.25) is 5.91 Å². The van der Waals surface area contributed by atoms with Crippen molar-refractivity contribution in [3.05, 3.63) is 67.2 Å². The van der Waals surface area contributed by atoms with Crippen molar-refractivity contribution in [3.63, 3.8) is 0 Å². The Morgan fingerprint density at radius 1 is 1.14 bits per heavy atom. The third kappa shape index (κ3) is 5.52. The van der Waals surface area contributed by atoms with E-state index in [1.807, 2.05) is 30.3 Å². The number of nitrogens with one attached hydrogen (secondary N) is 1. The molecule has 0 aromatic heterocycles. The van der Waals surface area contributed by atoms with Crippen LogP contribution in [0.4, 0.5) is 0 Å². The summed E-state index contributed by atoms with van der Waals surface area (Å²) in [7, 11) is 0. The largest absolute Gasteiger partial charge is 0.348 e. The number of ether oxygens (including phenoxy) is 2. The molecule has 5 atom stereocenters. The summed E-state index contributed by atoms with van der Waals surface area (Å²) in [6, 6.07) is 6.34. The van der Waals surface area contributed by atoms with Crippen molar-refractivity contribution >= 4 is 5.91 Å². The van der Waals surface area contributed by atoms with E-state index in [2.05, 4.69) is 35.4 Å². The number of rotatable bonds is 8. The van der Waals surface area contributed by atoms with Crippen molar-refractivity contribution in [2.24, 2.45) is 15.3 Å². The average Bonchev–Trinajstić information content (AvgIpc) is 2.69. The topological polar surface area (TPSA) is 194 Å². The summed E-state index contributed by atoms with van der Waals surface area (Å²) in [5.74, 6) is -0.409. The van der Waals surface area contributed by atoms with Crippen molar-refractivity contribution in [1.82, 2.24) is 5.32 Å². The molecule has 0 aliphatic carbocycles. The molecule has 1 aliphatic rings. The maximum Gasteiger partial charge on any atom is 0.217 e. The van der Waals surface area contributed by atoms with Gasteiger partial charge < -0.3 is 14.8 Å². The van der Waals surface area contributed by atoms with Gasteiger partial charge in [0.15, 0.2) is 6.29 Å². The van der Waals surface area contributed by atoms with Gasteiger partial charge in [-0.3, -0.25) is 4.79 Å². The second kappa shape index (κ2) is 10.6. The average molecular weight is 386 g/mol. The molecule has 1 N–H and O–H groups in total. The fourth-order valence-corrected chi connectivity index (χ4v) is 2.88. The predicted molar refractivity (Wildman–Crippen MR) is 97.4 cm³/mol. The number of carbonyl (C=O) groups is 1. The molecule has 1 saturated heterocycles. The van der Waals surface area contributed by atoms with Crippen LogP contribution in [0.3, 0.4) is 0 Å². The van der Waals surface area contributed by atoms with Crippen LogP contribution in [-0.4, -0.2) is 43.0 Å². The van der Waals surface area contributed by atoms with Gasteiger partial charge in [-0.2, -0.15) is 0 Å². The summed E-state index contributed by atoms with van der Waals surface area (Å²) in [6.45, 7) is 1.27. The molecule has 13 heteroatoms. The molecule has 146 valence electrons. The lowest BCUT2D eigenvalue weighted by molar-refractivity contribution is -0.219. The summed E-state index contributed by atoms with van der Waals surface area (Å²) in [5.41, 5.74) is 27.3. The molecule has 5 unspecified atom stereocenters. The highest BCUT2D eigenvalue weighted by Gasteiger charge is 2.46. The Labute approximate surface area is 159 Å². The number of hydrogen-bond acceptors (Lipinski definition) is 6. The lowest BCUT2D eigenvalue weighted by atomic mass is 9.92. The van der Waals surface area contributed by atoms with Gasteiger partial charge in [0.25, 0.3) is 0 Å². The van der Waals surface area contributed by atoms with E-state index < -0.39 is 36.4 Å². The molecular weight excluding hydrogens is 368 g/mol. The van der Waals surface area contributed by atoms with Crippen molar-refractivity contribution < 1.29 is 14.3 Å². The van der Waals surface area contributed by atoms with Crippen molar-refractivity contribution in [2.75, 3.05) is 6.54 Å². The molecule has 0 radical (unpaired) electrons. The van der Waals surface area contributed by atoms with E-state index in [4.69, 9.17) is 26.1 Å². The minimum Gasteiger partial charge on any atom is -0.348 e. The second-order valence-corrected chi connectivity index (χ2v) is 5.87. The smallest absolute Gasteiger partial charge is 0.217 e. The Bertz CT molecular complexity index is 815. The third-order valence-corrected chi connectivity index (χ3v) is 4.02. The van der Waals surface area contributed by atoms with Gasteiger partial charge in [-0.25, -0.2) is 0 Å². The first-order valence-corrected chi connectivity index (χ1v) is 8.28. The van der Waals surface area contributed by atoms with Crippen LogP contribution in [0.1, 0.15) is 12.5 Å². The molecule has 1 amide bonds. The van der Waals surface area contributed by atoms with E-state index in [1.54, 1.807) is 0 Å². The van der Waals surface area contributed by atoms with Gasteiger partial charge in [-0.1, -0.05) is 45.7 Å². The van der Waals surface area contributed by atoms with E-state index in [-0.39, 0.29) is 13.2 Å². The van der Waals surface area contributed by atoms with E-state index in [9.17, 15) is 4.79 Å². The maximum atomic E-state index is 11.7. The van der Waals surface area contributed by atoms with Crippen LogP contribution in [-0.2, 0) is 20.9 Å². The molecule has 1 fully saturated rings. The highest BCUT2D eigenvalue weighted by Crippen LogP contribution is 2.28. The molecule has 2 rings (SSSR count). The Kier molecular flexibility index (Phi) is 7.92. The lowest BCUT2D eigenvalue weighted by Crippen LogP contribution is -2.63. The van der Waals surface area contributed by atoms with E-state index in [0.29, 0.717) is 0 Å². The normalized spacial score (nSPS) is 26.1. The van der Waals surface area contributed by atoms with Gasteiger partial charge in [-0.15, -0.1) is 0 Å². The Balaban J connectivity index is 2.34. The van der Waals surface area contributed by atoms with Crippen LogP contribution in [0.5, 0.6) is 0 Å². The number of nitrogens with zero attached hydrogens (tertiary/aromatic N) is 9. The zero-order chi connectivity index (χ0) is 20.4. The molecular formula is C15H18N10O3. The fourth-order valence-electron chi connectivity index (χ4n) is 2.88. The van der Waals surface area contributed by atoms with Gasteiger partial charge >= 0.3 is 0 Å². The highest BCUT2D eigenvalue weighted by molar-refractivity contribution is 5.73. The highest BCUT2D eigenvalue weighted by atomic mass is 16.7. The number of benzene rings is 1. The van der Waals surface area contributed by atoms with Crippen LogP contribution in [0.15, 0.2) is 45.7 Å². The summed E-state index contributed by atoms with van der Waals surface area (Å²) >= 11 is 0. The van der Waals surface area contributed by atoms with Crippen molar-refractivity contribution in [2.45, 2.75) is 44.1 Å². The minimum atomic E-state index is -1.02. The molecule has 1 aromatic rings. The quantitative estimate of drug-likeness (QED) is 0.408. The van der Waals surface area contributed by atoms with Crippen LogP contribution in [0, 0.1) is 0 Å². The van der Waals surface area contributed by atoms with Crippen LogP contribution < -0.4 is 5.32 Å². The molecule has 0 spiro atoms. The molecule has 1 heterocycles.